The third kappa shape index (κ3) is 10.9. The van der Waals surface area contributed by atoms with Gasteiger partial charge in [-0.2, -0.15) is 0 Å². The number of ether oxygens (including phenoxy) is 3. The highest BCUT2D eigenvalue weighted by atomic mass is 16.6. The van der Waals surface area contributed by atoms with Crippen molar-refractivity contribution >= 4 is 46.8 Å². The van der Waals surface area contributed by atoms with Crippen LogP contribution in [0, 0.1) is 11.8 Å². The molecule has 7 atom stereocenters. The number of aliphatic hydroxyl groups is 1. The summed E-state index contributed by atoms with van der Waals surface area (Å²) in [4.78, 5) is 71.9. The molecule has 3 saturated heterocycles. The Morgan fingerprint density at radius 2 is 1.10 bits per heavy atom. The number of rotatable bonds is 16. The molecule has 3 aromatic rings. The Hall–Kier alpha value is -5.71. The van der Waals surface area contributed by atoms with E-state index in [4.69, 9.17) is 14.2 Å². The number of nitrogens with one attached hydrogen (secondary N) is 4. The monoisotopic (exact) mass is 869 g/mol. The Labute approximate surface area is 370 Å². The Balaban J connectivity index is 1.14. The molecule has 0 aliphatic carbocycles. The molecule has 6 rings (SSSR count). The van der Waals surface area contributed by atoms with Crippen molar-refractivity contribution < 1.29 is 43.3 Å². The van der Waals surface area contributed by atoms with Crippen molar-refractivity contribution in [2.24, 2.45) is 11.8 Å². The van der Waals surface area contributed by atoms with Gasteiger partial charge in [-0.25, -0.2) is 4.79 Å². The average molecular weight is 870 g/mol. The smallest absolute Gasteiger partial charge is 0.407 e. The summed E-state index contributed by atoms with van der Waals surface area (Å²) in [5, 5.41) is 21.5. The van der Waals surface area contributed by atoms with Crippen molar-refractivity contribution in [2.45, 2.75) is 109 Å². The maximum absolute atomic E-state index is 13.6. The fraction of sp³-hybridized carbons (Fsp3) is 0.511. The number of anilines is 3. The van der Waals surface area contributed by atoms with Crippen LogP contribution in [0.15, 0.2) is 72.8 Å². The highest BCUT2D eigenvalue weighted by Crippen LogP contribution is 2.47. The largest absolute Gasteiger partial charge is 0.497 e. The Morgan fingerprint density at radius 3 is 1.51 bits per heavy atom. The Morgan fingerprint density at radius 1 is 0.635 bits per heavy atom. The minimum Gasteiger partial charge on any atom is -0.497 e. The highest BCUT2D eigenvalue weighted by molar-refractivity contribution is 5.99. The number of alkyl carbamates (subject to hydrolysis) is 1. The molecule has 3 aromatic carbocycles. The van der Waals surface area contributed by atoms with Gasteiger partial charge in [0.2, 0.25) is 30.0 Å². The van der Waals surface area contributed by atoms with Gasteiger partial charge in [0.15, 0.2) is 0 Å². The van der Waals surface area contributed by atoms with Crippen molar-refractivity contribution in [1.82, 2.24) is 20.4 Å². The van der Waals surface area contributed by atoms with Crippen molar-refractivity contribution in [3.8, 4) is 5.75 Å². The molecule has 3 heterocycles. The van der Waals surface area contributed by atoms with Crippen LogP contribution in [-0.4, -0.2) is 110 Å². The third-order valence-electron chi connectivity index (χ3n) is 12.4. The molecule has 3 fully saturated rings. The van der Waals surface area contributed by atoms with Crippen LogP contribution in [0.2, 0.25) is 0 Å². The summed E-state index contributed by atoms with van der Waals surface area (Å²) in [7, 11) is 4.23. The first-order valence-electron chi connectivity index (χ1n) is 21.9. The summed E-state index contributed by atoms with van der Waals surface area (Å²) in [6.07, 6.45) is 2.15. The van der Waals surface area contributed by atoms with Crippen LogP contribution < -0.4 is 30.9 Å². The first kappa shape index (κ1) is 46.8. The quantitative estimate of drug-likeness (QED) is 0.113. The minimum atomic E-state index is -1.30. The van der Waals surface area contributed by atoms with Crippen LogP contribution in [0.3, 0.4) is 0 Å². The molecule has 3 aliphatic rings. The van der Waals surface area contributed by atoms with E-state index in [1.165, 1.54) is 14.2 Å². The lowest BCUT2D eigenvalue weighted by atomic mass is 10.0. The molecule has 16 nitrogen and oxygen atoms in total. The maximum Gasteiger partial charge on any atom is 0.407 e. The van der Waals surface area contributed by atoms with Gasteiger partial charge < -0.3 is 50.0 Å². The first-order chi connectivity index (χ1) is 30.2. The predicted molar refractivity (Wildman–Crippen MR) is 239 cm³/mol. The number of nitrogens with zero attached hydrogens (tertiary/aromatic N) is 3. The molecule has 0 saturated carbocycles. The molecule has 5 amide bonds. The van der Waals surface area contributed by atoms with Crippen LogP contribution in [0.4, 0.5) is 21.9 Å². The molecule has 0 bridgehead atoms. The van der Waals surface area contributed by atoms with Gasteiger partial charge in [0.1, 0.15) is 23.9 Å². The number of benzene rings is 3. The second-order valence-electron chi connectivity index (χ2n) is 17.2. The van der Waals surface area contributed by atoms with E-state index in [9.17, 15) is 29.1 Å². The van der Waals surface area contributed by atoms with Crippen molar-refractivity contribution in [1.29, 1.82) is 0 Å². The van der Waals surface area contributed by atoms with Crippen LogP contribution in [-0.2, 0) is 28.7 Å². The number of methoxy groups -OCH3 is 3. The molecule has 16 heteroatoms. The summed E-state index contributed by atoms with van der Waals surface area (Å²) in [5.41, 5.74) is 4.41. The Kier molecular flexibility index (Phi) is 15.7. The zero-order valence-corrected chi connectivity index (χ0v) is 37.3. The van der Waals surface area contributed by atoms with Gasteiger partial charge in [0.25, 0.3) is 0 Å². The number of likely N-dealkylation sites (tertiary alicyclic amines) is 2. The van der Waals surface area contributed by atoms with E-state index in [0.29, 0.717) is 50.1 Å². The molecular weight excluding hydrogens is 807 g/mol. The highest BCUT2D eigenvalue weighted by Gasteiger charge is 2.41. The fourth-order valence-electron chi connectivity index (χ4n) is 9.04. The summed E-state index contributed by atoms with van der Waals surface area (Å²) in [6, 6.07) is 20.9. The molecule has 0 spiro atoms. The van der Waals surface area contributed by atoms with Gasteiger partial charge in [-0.05, 0) is 110 Å². The van der Waals surface area contributed by atoms with Gasteiger partial charge in [-0.3, -0.25) is 24.5 Å². The van der Waals surface area contributed by atoms with Crippen LogP contribution in [0.25, 0.3) is 0 Å². The summed E-state index contributed by atoms with van der Waals surface area (Å²) >= 11 is 0. The number of carbonyl (C=O) groups excluding carboxylic acids is 5. The van der Waals surface area contributed by atoms with Gasteiger partial charge in [-0.15, -0.1) is 0 Å². The third-order valence-corrected chi connectivity index (χ3v) is 12.4. The lowest BCUT2D eigenvalue weighted by Crippen LogP contribution is -2.55. The number of hydrogen-bond acceptors (Lipinski definition) is 11. The zero-order chi connectivity index (χ0) is 45.4. The van der Waals surface area contributed by atoms with Gasteiger partial charge in [-0.1, -0.05) is 52.0 Å². The van der Waals surface area contributed by atoms with E-state index in [-0.39, 0.29) is 47.5 Å². The van der Waals surface area contributed by atoms with Gasteiger partial charge in [0, 0.05) is 37.3 Å². The lowest BCUT2D eigenvalue weighted by molar-refractivity contribution is -0.146. The molecule has 0 aromatic heterocycles. The van der Waals surface area contributed by atoms with E-state index in [2.05, 4.69) is 38.3 Å². The number of aliphatic hydroxyl groups excluding tert-OH is 1. The predicted octanol–water partition coefficient (Wildman–Crippen LogP) is 5.55. The SMILES string of the molecule is COC(=O)N[C@H](C(=O)N1CCC[C@H]1C(=O)Nc1ccc([C@H]2CC[C@H](c3ccc(NC(=O)[C@@H]4CCCN4C(=O)[C@@H](NC(O)OC)C(C)C)cc3)N2c2ccc(OC)cc2)cc1)C(C)C. The summed E-state index contributed by atoms with van der Waals surface area (Å²) in [5.74, 6) is -0.693. The zero-order valence-electron chi connectivity index (χ0n) is 37.3. The lowest BCUT2D eigenvalue weighted by Gasteiger charge is -2.33. The second-order valence-corrected chi connectivity index (χ2v) is 17.2. The number of amides is 5. The van der Waals surface area contributed by atoms with Gasteiger partial charge in [0.05, 0.1) is 32.3 Å². The summed E-state index contributed by atoms with van der Waals surface area (Å²) in [6.45, 7) is 8.30. The van der Waals surface area contributed by atoms with Crippen LogP contribution in [0.5, 0.6) is 5.75 Å². The molecule has 63 heavy (non-hydrogen) atoms. The number of hydrogen-bond donors (Lipinski definition) is 5. The van der Waals surface area contributed by atoms with E-state index < -0.39 is 36.7 Å². The molecule has 340 valence electrons. The molecule has 5 N–H and O–H groups in total. The normalized spacial score (nSPS) is 21.3. The number of carbonyl (C=O) groups is 5. The summed E-state index contributed by atoms with van der Waals surface area (Å²) < 4.78 is 15.1. The van der Waals surface area contributed by atoms with E-state index in [0.717, 1.165) is 35.4 Å². The van der Waals surface area contributed by atoms with Gasteiger partial charge >= 0.3 is 6.09 Å². The van der Waals surface area contributed by atoms with Crippen LogP contribution >= 0.6 is 0 Å². The molecule has 1 unspecified atom stereocenters. The second kappa shape index (κ2) is 21.1. The molecule has 3 aliphatic heterocycles. The average Bonchev–Trinajstić information content (AvgIpc) is 4.08. The Bertz CT molecular complexity index is 2050. The molecular formula is C47H63N7O9. The van der Waals surface area contributed by atoms with E-state index >= 15 is 0 Å². The standard InChI is InChI=1S/C47H63N7O9/c1-28(2)40(50-46(59)62-6)44(57)52-26-8-10-38(52)42(55)48-32-16-12-30(13-17-32)36-24-25-37(54(36)34-20-22-35(61-5)23-21-34)31-14-18-33(19-15-31)49-43(56)39-11-9-27-53(39)45(58)41(29(3)4)51-47(60)63-7/h12-23,28-29,36-41,46,50,59H,8-11,24-27H2,1-7H3,(H,48,55)(H,49,56)(H,51,60)/t36-,37-,38+,39+,40+,41+,46?/m1/s1. The molecule has 0 radical (unpaired) electrons. The van der Waals surface area contributed by atoms with E-state index in [1.807, 2.05) is 88.4 Å². The van der Waals surface area contributed by atoms with E-state index in [1.54, 1.807) is 16.9 Å². The van der Waals surface area contributed by atoms with Crippen molar-refractivity contribution in [3.05, 3.63) is 83.9 Å². The topological polar surface area (TPSA) is 191 Å². The first-order valence-corrected chi connectivity index (χ1v) is 21.9. The van der Waals surface area contributed by atoms with Crippen LogP contribution in [0.1, 0.15) is 89.4 Å². The maximum atomic E-state index is 13.6. The fourth-order valence-corrected chi connectivity index (χ4v) is 9.04. The van der Waals surface area contributed by atoms with Crippen molar-refractivity contribution in [2.75, 3.05) is 50.0 Å². The van der Waals surface area contributed by atoms with Crippen molar-refractivity contribution in [3.63, 3.8) is 0 Å². The minimum absolute atomic E-state index is 0.00536.